The van der Waals surface area contributed by atoms with Crippen LogP contribution in [0.25, 0.3) is 0 Å². The van der Waals surface area contributed by atoms with Crippen LogP contribution in [0.3, 0.4) is 0 Å². The zero-order valence-corrected chi connectivity index (χ0v) is 20.0. The fourth-order valence-electron chi connectivity index (χ4n) is 3.07. The van der Waals surface area contributed by atoms with E-state index in [0.29, 0.717) is 16.4 Å². The number of rotatable bonds is 8. The van der Waals surface area contributed by atoms with Gasteiger partial charge in [-0.15, -0.1) is 10.2 Å². The molecule has 1 N–H and O–H groups in total. The Morgan fingerprint density at radius 3 is 2.18 bits per heavy atom. The summed E-state index contributed by atoms with van der Waals surface area (Å²) in [7, 11) is -3.78. The lowest BCUT2D eigenvalue weighted by Gasteiger charge is -2.24. The van der Waals surface area contributed by atoms with Gasteiger partial charge in [0, 0.05) is 5.56 Å². The highest BCUT2D eigenvalue weighted by Gasteiger charge is 2.25. The molecule has 0 radical (unpaired) electrons. The number of hydrogen-bond acceptors (Lipinski definition) is 7. The SMILES string of the molecule is CSc1nnc(NC(=O)c2ccc(CN(c3ccccc3)S(=O)(=O)c3ccccc3)cc2)s1. The second-order valence-electron chi connectivity index (χ2n) is 6.89. The molecule has 1 aromatic heterocycles. The standard InChI is InChI=1S/C23H20N4O3S3/c1-31-23-26-25-22(32-23)24-21(28)18-14-12-17(13-15-18)16-27(19-8-4-2-5-9-19)33(29,30)20-10-6-3-7-11-20/h2-15H,16H2,1H3,(H,24,25,28). The molecule has 0 bridgehead atoms. The first-order valence-corrected chi connectivity index (χ1v) is 13.4. The van der Waals surface area contributed by atoms with E-state index in [2.05, 4.69) is 15.5 Å². The molecule has 4 aromatic rings. The number of thioether (sulfide) groups is 1. The van der Waals surface area contributed by atoms with E-state index in [1.807, 2.05) is 12.3 Å². The van der Waals surface area contributed by atoms with E-state index in [1.165, 1.54) is 27.4 Å². The molecule has 0 saturated carbocycles. The second-order valence-corrected chi connectivity index (χ2v) is 10.8. The summed E-state index contributed by atoms with van der Waals surface area (Å²) in [5.41, 5.74) is 1.75. The van der Waals surface area contributed by atoms with Crippen LogP contribution in [0.15, 0.2) is 94.2 Å². The summed E-state index contributed by atoms with van der Waals surface area (Å²) in [4.78, 5) is 12.7. The minimum atomic E-state index is -3.78. The van der Waals surface area contributed by atoms with Gasteiger partial charge in [0.15, 0.2) is 4.34 Å². The van der Waals surface area contributed by atoms with Crippen molar-refractivity contribution in [2.24, 2.45) is 0 Å². The van der Waals surface area contributed by atoms with Crippen LogP contribution in [-0.4, -0.2) is 30.8 Å². The third-order valence-corrected chi connectivity index (χ3v) is 8.32. The zero-order chi connectivity index (χ0) is 23.3. The number of anilines is 2. The van der Waals surface area contributed by atoms with Crippen molar-refractivity contribution < 1.29 is 13.2 Å². The van der Waals surface area contributed by atoms with Gasteiger partial charge in [0.25, 0.3) is 15.9 Å². The summed E-state index contributed by atoms with van der Waals surface area (Å²) in [6.45, 7) is 0.122. The van der Waals surface area contributed by atoms with Crippen LogP contribution in [0.1, 0.15) is 15.9 Å². The molecule has 0 aliphatic carbocycles. The Balaban J connectivity index is 1.56. The van der Waals surface area contributed by atoms with Crippen LogP contribution < -0.4 is 9.62 Å². The molecule has 0 aliphatic rings. The molecule has 0 atom stereocenters. The molecule has 0 spiro atoms. The summed E-state index contributed by atoms with van der Waals surface area (Å²) in [5.74, 6) is -0.304. The predicted octanol–water partition coefficient (Wildman–Crippen LogP) is 4.91. The Labute approximate surface area is 200 Å². The lowest BCUT2D eigenvalue weighted by molar-refractivity contribution is 0.102. The van der Waals surface area contributed by atoms with E-state index >= 15 is 0 Å². The van der Waals surface area contributed by atoms with Gasteiger partial charge in [-0.3, -0.25) is 14.4 Å². The lowest BCUT2D eigenvalue weighted by Crippen LogP contribution is -2.30. The second kappa shape index (κ2) is 10.2. The number of para-hydroxylation sites is 1. The van der Waals surface area contributed by atoms with E-state index in [1.54, 1.807) is 78.9 Å². The Kier molecular flexibility index (Phi) is 7.07. The summed E-state index contributed by atoms with van der Waals surface area (Å²) in [5, 5.41) is 11.1. The van der Waals surface area contributed by atoms with Crippen molar-refractivity contribution in [3.8, 4) is 0 Å². The van der Waals surface area contributed by atoms with Crippen molar-refractivity contribution in [3.63, 3.8) is 0 Å². The number of nitrogens with zero attached hydrogens (tertiary/aromatic N) is 3. The van der Waals surface area contributed by atoms with Crippen LogP contribution in [-0.2, 0) is 16.6 Å². The fraction of sp³-hybridized carbons (Fsp3) is 0.0870. The first kappa shape index (κ1) is 23.0. The molecule has 3 aromatic carbocycles. The molecule has 0 fully saturated rings. The smallest absolute Gasteiger partial charge is 0.264 e. The summed E-state index contributed by atoms with van der Waals surface area (Å²) < 4.78 is 28.9. The Morgan fingerprint density at radius 2 is 1.58 bits per heavy atom. The molecule has 0 aliphatic heterocycles. The van der Waals surface area contributed by atoms with E-state index in [4.69, 9.17) is 0 Å². The van der Waals surface area contributed by atoms with Crippen molar-refractivity contribution >= 4 is 49.8 Å². The van der Waals surface area contributed by atoms with E-state index in [0.717, 1.165) is 9.90 Å². The van der Waals surface area contributed by atoms with Crippen LogP contribution in [0.4, 0.5) is 10.8 Å². The van der Waals surface area contributed by atoms with E-state index < -0.39 is 10.0 Å². The maximum atomic E-state index is 13.4. The third-order valence-electron chi connectivity index (χ3n) is 4.72. The number of amides is 1. The summed E-state index contributed by atoms with van der Waals surface area (Å²) >= 11 is 2.76. The van der Waals surface area contributed by atoms with Crippen molar-refractivity contribution in [2.45, 2.75) is 15.8 Å². The Bertz CT molecular complexity index is 1330. The number of benzene rings is 3. The number of nitrogens with one attached hydrogen (secondary N) is 1. The number of sulfonamides is 1. The minimum absolute atomic E-state index is 0.122. The highest BCUT2D eigenvalue weighted by molar-refractivity contribution is 8.00. The fourth-order valence-corrected chi connectivity index (χ4v) is 5.71. The highest BCUT2D eigenvalue weighted by Crippen LogP contribution is 2.26. The van der Waals surface area contributed by atoms with E-state index in [9.17, 15) is 13.2 Å². The van der Waals surface area contributed by atoms with Crippen LogP contribution in [0.2, 0.25) is 0 Å². The summed E-state index contributed by atoms with van der Waals surface area (Å²) in [6.07, 6.45) is 1.89. The van der Waals surface area contributed by atoms with Crippen molar-refractivity contribution in [3.05, 3.63) is 96.1 Å². The van der Waals surface area contributed by atoms with Gasteiger partial charge in [-0.25, -0.2) is 8.42 Å². The molecule has 4 rings (SSSR count). The molecular formula is C23H20N4O3S3. The zero-order valence-electron chi connectivity index (χ0n) is 17.6. The average molecular weight is 497 g/mol. The van der Waals surface area contributed by atoms with Crippen LogP contribution in [0, 0.1) is 0 Å². The first-order chi connectivity index (χ1) is 16.0. The quantitative estimate of drug-likeness (QED) is 0.275. The van der Waals surface area contributed by atoms with Crippen molar-refractivity contribution in [1.82, 2.24) is 10.2 Å². The highest BCUT2D eigenvalue weighted by atomic mass is 32.2. The third kappa shape index (κ3) is 5.41. The average Bonchev–Trinajstić information content (AvgIpc) is 3.31. The molecule has 0 saturated heterocycles. The Morgan fingerprint density at radius 1 is 0.939 bits per heavy atom. The van der Waals surface area contributed by atoms with Gasteiger partial charge in [0.1, 0.15) is 0 Å². The van der Waals surface area contributed by atoms with Crippen LogP contribution in [0.5, 0.6) is 0 Å². The maximum Gasteiger partial charge on any atom is 0.264 e. The predicted molar refractivity (Wildman–Crippen MR) is 132 cm³/mol. The lowest BCUT2D eigenvalue weighted by atomic mass is 10.1. The van der Waals surface area contributed by atoms with Gasteiger partial charge < -0.3 is 0 Å². The number of carbonyl (C=O) groups excluding carboxylic acids is 1. The molecule has 33 heavy (non-hydrogen) atoms. The van der Waals surface area contributed by atoms with Crippen molar-refractivity contribution in [1.29, 1.82) is 0 Å². The molecule has 168 valence electrons. The summed E-state index contributed by atoms with van der Waals surface area (Å²) in [6, 6.07) is 24.1. The van der Waals surface area contributed by atoms with Crippen LogP contribution >= 0.6 is 23.1 Å². The van der Waals surface area contributed by atoms with E-state index in [-0.39, 0.29) is 17.3 Å². The van der Waals surface area contributed by atoms with Gasteiger partial charge >= 0.3 is 0 Å². The Hall–Kier alpha value is -3.21. The molecule has 10 heteroatoms. The maximum absolute atomic E-state index is 13.4. The molecule has 7 nitrogen and oxygen atoms in total. The molecular weight excluding hydrogens is 476 g/mol. The van der Waals surface area contributed by atoms with Gasteiger partial charge in [-0.1, -0.05) is 71.6 Å². The monoisotopic (exact) mass is 496 g/mol. The first-order valence-electron chi connectivity index (χ1n) is 9.88. The molecule has 1 amide bonds. The van der Waals surface area contributed by atoms with Gasteiger partial charge in [0.05, 0.1) is 17.1 Å². The van der Waals surface area contributed by atoms with Crippen molar-refractivity contribution in [2.75, 3.05) is 15.9 Å². The molecule has 0 unspecified atom stereocenters. The van der Waals surface area contributed by atoms with Gasteiger partial charge in [-0.2, -0.15) is 0 Å². The van der Waals surface area contributed by atoms with Gasteiger partial charge in [0.2, 0.25) is 5.13 Å². The topological polar surface area (TPSA) is 92.3 Å². The normalized spacial score (nSPS) is 11.2. The largest absolute Gasteiger partial charge is 0.296 e. The molecule has 1 heterocycles. The van der Waals surface area contributed by atoms with Gasteiger partial charge in [-0.05, 0) is 48.2 Å². The number of hydrogen-bond donors (Lipinski definition) is 1. The number of carbonyl (C=O) groups is 1. The number of aromatic nitrogens is 2. The minimum Gasteiger partial charge on any atom is -0.296 e.